The number of halogens is 1. The van der Waals surface area contributed by atoms with Gasteiger partial charge in [-0.05, 0) is 6.42 Å². The van der Waals surface area contributed by atoms with Crippen molar-refractivity contribution in [1.82, 2.24) is 9.97 Å². The van der Waals surface area contributed by atoms with Crippen LogP contribution >= 0.6 is 11.6 Å². The first kappa shape index (κ1) is 15.1. The summed E-state index contributed by atoms with van der Waals surface area (Å²) in [4.78, 5) is 8.55. The summed E-state index contributed by atoms with van der Waals surface area (Å²) >= 11 is 5.95. The van der Waals surface area contributed by atoms with Crippen LogP contribution in [-0.4, -0.2) is 43.4 Å². The van der Waals surface area contributed by atoms with Crippen LogP contribution in [0.4, 0.5) is 5.82 Å². The van der Waals surface area contributed by atoms with Gasteiger partial charge in [0.1, 0.15) is 16.8 Å². The Morgan fingerprint density at radius 1 is 1.39 bits per heavy atom. The molecule has 0 bridgehead atoms. The van der Waals surface area contributed by atoms with Crippen LogP contribution in [0.2, 0.25) is 5.15 Å². The number of aromatic nitrogens is 2. The molecule has 1 rings (SSSR count). The van der Waals surface area contributed by atoms with Crippen LogP contribution in [0.5, 0.6) is 0 Å². The molecule has 1 heterocycles. The van der Waals surface area contributed by atoms with Gasteiger partial charge in [-0.2, -0.15) is 0 Å². The molecule has 0 aliphatic rings. The van der Waals surface area contributed by atoms with E-state index in [1.165, 1.54) is 0 Å². The molecular weight excluding hydrogens is 254 g/mol. The highest BCUT2D eigenvalue weighted by atomic mass is 35.5. The number of hydrogen-bond donors (Lipinski definition) is 1. The molecule has 1 atom stereocenters. The molecule has 0 saturated heterocycles. The fourth-order valence-corrected chi connectivity index (χ4v) is 1.71. The minimum absolute atomic E-state index is 0.0154. The van der Waals surface area contributed by atoms with Gasteiger partial charge in [-0.25, -0.2) is 9.97 Å². The van der Waals surface area contributed by atoms with E-state index < -0.39 is 0 Å². The van der Waals surface area contributed by atoms with Crippen LogP contribution in [0, 0.1) is 0 Å². The molecule has 1 aromatic heterocycles. The van der Waals surface area contributed by atoms with E-state index in [0.29, 0.717) is 18.3 Å². The Labute approximate surface area is 113 Å². The zero-order valence-corrected chi connectivity index (χ0v) is 11.8. The van der Waals surface area contributed by atoms with Gasteiger partial charge in [0.25, 0.3) is 0 Å². The SMILES string of the molecule is CCCc1nc(Cl)cc(NCC(COC)OC)n1. The lowest BCUT2D eigenvalue weighted by Crippen LogP contribution is -2.27. The third kappa shape index (κ3) is 5.16. The van der Waals surface area contributed by atoms with Crippen molar-refractivity contribution >= 4 is 17.4 Å². The quantitative estimate of drug-likeness (QED) is 0.736. The van der Waals surface area contributed by atoms with Crippen LogP contribution in [0.15, 0.2) is 6.07 Å². The van der Waals surface area contributed by atoms with Crippen LogP contribution in [0.1, 0.15) is 19.2 Å². The lowest BCUT2D eigenvalue weighted by Gasteiger charge is -2.15. The largest absolute Gasteiger partial charge is 0.382 e. The van der Waals surface area contributed by atoms with Gasteiger partial charge < -0.3 is 14.8 Å². The molecule has 0 aromatic carbocycles. The first-order valence-corrected chi connectivity index (χ1v) is 6.36. The molecule has 0 aliphatic carbocycles. The zero-order chi connectivity index (χ0) is 13.4. The number of hydrogen-bond acceptors (Lipinski definition) is 5. The fraction of sp³-hybridized carbons (Fsp3) is 0.667. The van der Waals surface area contributed by atoms with Gasteiger partial charge in [-0.1, -0.05) is 18.5 Å². The summed E-state index contributed by atoms with van der Waals surface area (Å²) < 4.78 is 10.3. The average molecular weight is 274 g/mol. The first-order valence-electron chi connectivity index (χ1n) is 5.98. The van der Waals surface area contributed by atoms with Crippen molar-refractivity contribution in [3.8, 4) is 0 Å². The van der Waals surface area contributed by atoms with E-state index >= 15 is 0 Å². The van der Waals surface area contributed by atoms with E-state index in [1.54, 1.807) is 20.3 Å². The lowest BCUT2D eigenvalue weighted by molar-refractivity contribution is 0.0365. The molecule has 6 heteroatoms. The number of ether oxygens (including phenoxy) is 2. The average Bonchev–Trinajstić information content (AvgIpc) is 2.34. The fourth-order valence-electron chi connectivity index (χ4n) is 1.51. The molecule has 0 spiro atoms. The summed E-state index contributed by atoms with van der Waals surface area (Å²) in [6.07, 6.45) is 1.80. The Morgan fingerprint density at radius 2 is 2.17 bits per heavy atom. The molecule has 0 saturated carbocycles. The van der Waals surface area contributed by atoms with E-state index in [9.17, 15) is 0 Å². The Hall–Kier alpha value is -0.910. The van der Waals surface area contributed by atoms with Crippen LogP contribution in [-0.2, 0) is 15.9 Å². The van der Waals surface area contributed by atoms with Crippen molar-refractivity contribution in [3.05, 3.63) is 17.0 Å². The third-order valence-corrected chi connectivity index (χ3v) is 2.61. The second-order valence-corrected chi connectivity index (χ2v) is 4.32. The second kappa shape index (κ2) is 8.24. The number of nitrogens with one attached hydrogen (secondary N) is 1. The molecule has 1 N–H and O–H groups in total. The summed E-state index contributed by atoms with van der Waals surface area (Å²) in [6, 6.07) is 1.71. The molecule has 5 nitrogen and oxygen atoms in total. The molecular formula is C12H20ClN3O2. The van der Waals surface area contributed by atoms with E-state index in [2.05, 4.69) is 22.2 Å². The van der Waals surface area contributed by atoms with Crippen molar-refractivity contribution in [2.45, 2.75) is 25.9 Å². The van der Waals surface area contributed by atoms with E-state index in [0.717, 1.165) is 24.5 Å². The minimum Gasteiger partial charge on any atom is -0.382 e. The first-order chi connectivity index (χ1) is 8.69. The Bertz CT molecular complexity index is 363. The predicted molar refractivity (Wildman–Crippen MR) is 72.2 cm³/mol. The van der Waals surface area contributed by atoms with Crippen LogP contribution < -0.4 is 5.32 Å². The maximum absolute atomic E-state index is 5.95. The number of methoxy groups -OCH3 is 2. The standard InChI is InChI=1S/C12H20ClN3O2/c1-4-5-11-15-10(13)6-12(16-11)14-7-9(18-3)8-17-2/h6,9H,4-5,7-8H2,1-3H3,(H,14,15,16). The van der Waals surface area contributed by atoms with Gasteiger partial charge in [-0.15, -0.1) is 0 Å². The second-order valence-electron chi connectivity index (χ2n) is 3.94. The number of anilines is 1. The topological polar surface area (TPSA) is 56.3 Å². The maximum atomic E-state index is 5.95. The highest BCUT2D eigenvalue weighted by Crippen LogP contribution is 2.12. The molecule has 0 aliphatic heterocycles. The summed E-state index contributed by atoms with van der Waals surface area (Å²) in [5, 5.41) is 3.63. The van der Waals surface area contributed by atoms with Gasteiger partial charge in [0, 0.05) is 33.3 Å². The predicted octanol–water partition coefficient (Wildman–Crippen LogP) is 2.16. The van der Waals surface area contributed by atoms with Crippen molar-refractivity contribution in [1.29, 1.82) is 0 Å². The monoisotopic (exact) mass is 273 g/mol. The van der Waals surface area contributed by atoms with Gasteiger partial charge >= 0.3 is 0 Å². The van der Waals surface area contributed by atoms with Gasteiger partial charge in [-0.3, -0.25) is 0 Å². The van der Waals surface area contributed by atoms with Crippen LogP contribution in [0.3, 0.4) is 0 Å². The summed E-state index contributed by atoms with van der Waals surface area (Å²) in [5.74, 6) is 1.48. The highest BCUT2D eigenvalue weighted by molar-refractivity contribution is 6.29. The molecule has 0 fully saturated rings. The number of aryl methyl sites for hydroxylation is 1. The minimum atomic E-state index is -0.0154. The summed E-state index contributed by atoms with van der Waals surface area (Å²) in [5.41, 5.74) is 0. The lowest BCUT2D eigenvalue weighted by atomic mass is 10.3. The molecule has 102 valence electrons. The molecule has 1 aromatic rings. The Balaban J connectivity index is 2.60. The van der Waals surface area contributed by atoms with Gasteiger partial charge in [0.15, 0.2) is 0 Å². The van der Waals surface area contributed by atoms with Gasteiger partial charge in [0.05, 0.1) is 12.7 Å². The summed E-state index contributed by atoms with van der Waals surface area (Å²) in [7, 11) is 3.30. The normalized spacial score (nSPS) is 12.4. The van der Waals surface area contributed by atoms with Crippen molar-refractivity contribution in [2.24, 2.45) is 0 Å². The smallest absolute Gasteiger partial charge is 0.134 e. The maximum Gasteiger partial charge on any atom is 0.134 e. The van der Waals surface area contributed by atoms with E-state index in [-0.39, 0.29) is 6.10 Å². The zero-order valence-electron chi connectivity index (χ0n) is 11.1. The number of nitrogens with zero attached hydrogens (tertiary/aromatic N) is 2. The van der Waals surface area contributed by atoms with Crippen molar-refractivity contribution in [2.75, 3.05) is 32.7 Å². The van der Waals surface area contributed by atoms with Crippen molar-refractivity contribution in [3.63, 3.8) is 0 Å². The molecule has 0 radical (unpaired) electrons. The van der Waals surface area contributed by atoms with Crippen LogP contribution in [0.25, 0.3) is 0 Å². The Kier molecular flexibility index (Phi) is 6.93. The number of rotatable bonds is 8. The molecule has 1 unspecified atom stereocenters. The highest BCUT2D eigenvalue weighted by Gasteiger charge is 2.08. The molecule has 18 heavy (non-hydrogen) atoms. The van der Waals surface area contributed by atoms with E-state index in [4.69, 9.17) is 21.1 Å². The molecule has 0 amide bonds. The third-order valence-electron chi connectivity index (χ3n) is 2.41. The van der Waals surface area contributed by atoms with E-state index in [1.807, 2.05) is 0 Å². The van der Waals surface area contributed by atoms with Crippen molar-refractivity contribution < 1.29 is 9.47 Å². The summed E-state index contributed by atoms with van der Waals surface area (Å²) in [6.45, 7) is 3.23. The Morgan fingerprint density at radius 3 is 2.78 bits per heavy atom. The van der Waals surface area contributed by atoms with Gasteiger partial charge in [0.2, 0.25) is 0 Å².